The van der Waals surface area contributed by atoms with Crippen LogP contribution in [0.15, 0.2) is 18.2 Å². The van der Waals surface area contributed by atoms with Crippen LogP contribution in [0, 0.1) is 18.3 Å². The molecule has 1 aromatic rings. The summed E-state index contributed by atoms with van der Waals surface area (Å²) in [5.74, 6) is -0.193. The van der Waals surface area contributed by atoms with Gasteiger partial charge in [0, 0.05) is 31.5 Å². The molecule has 21 heavy (non-hydrogen) atoms. The van der Waals surface area contributed by atoms with Gasteiger partial charge < -0.3 is 15.7 Å². The van der Waals surface area contributed by atoms with Crippen LogP contribution in [-0.2, 0) is 0 Å². The molecule has 3 N–H and O–H groups in total. The summed E-state index contributed by atoms with van der Waals surface area (Å²) in [4.78, 5) is 13.8. The number of phenolic OH excluding ortho intramolecular Hbond substituents is 1. The average molecular weight is 291 g/mol. The lowest BCUT2D eigenvalue weighted by atomic mass is 9.87. The Bertz CT molecular complexity index is 589. The Hall–Kier alpha value is -2.13. The van der Waals surface area contributed by atoms with Crippen LogP contribution in [-0.4, -0.2) is 40.7 Å². The van der Waals surface area contributed by atoms with Crippen LogP contribution in [0.4, 0.5) is 4.39 Å². The zero-order valence-corrected chi connectivity index (χ0v) is 11.8. The summed E-state index contributed by atoms with van der Waals surface area (Å²) in [7, 11) is 0. The molecule has 0 aromatic heterocycles. The smallest absolute Gasteiger partial charge is 0.253 e. The number of nitrogens with two attached hydrogens (primary N) is 1. The standard InChI is InChI=1S/C15H18FN3O2/c1-10-2-3-11(8-12(10)20)14(21)19-6-4-15(16,5-7-19)13(18)9-17/h2-3,8,13,20H,4-7,18H2,1H3. The highest BCUT2D eigenvalue weighted by atomic mass is 19.1. The van der Waals surface area contributed by atoms with Gasteiger partial charge in [0.2, 0.25) is 0 Å². The number of hydrogen-bond acceptors (Lipinski definition) is 4. The summed E-state index contributed by atoms with van der Waals surface area (Å²) >= 11 is 0. The summed E-state index contributed by atoms with van der Waals surface area (Å²) < 4.78 is 14.4. The molecule has 1 atom stereocenters. The topological polar surface area (TPSA) is 90.4 Å². The molecule has 5 nitrogen and oxygen atoms in total. The molecule has 0 spiro atoms. The molecule has 2 rings (SSSR count). The third-order valence-corrected chi connectivity index (χ3v) is 4.03. The maximum atomic E-state index is 14.4. The van der Waals surface area contributed by atoms with Crippen molar-refractivity contribution in [2.24, 2.45) is 5.73 Å². The number of likely N-dealkylation sites (tertiary alicyclic amines) is 1. The third-order valence-electron chi connectivity index (χ3n) is 4.03. The van der Waals surface area contributed by atoms with Gasteiger partial charge in [-0.25, -0.2) is 4.39 Å². The Balaban J connectivity index is 2.07. The van der Waals surface area contributed by atoms with Crippen molar-refractivity contribution in [1.29, 1.82) is 5.26 Å². The highest BCUT2D eigenvalue weighted by molar-refractivity contribution is 5.94. The van der Waals surface area contributed by atoms with Crippen LogP contribution in [0.1, 0.15) is 28.8 Å². The summed E-state index contributed by atoms with van der Waals surface area (Å²) in [6, 6.07) is 5.27. The summed E-state index contributed by atoms with van der Waals surface area (Å²) in [6.45, 7) is 2.16. The molecular formula is C15H18FN3O2. The number of phenols is 1. The first-order valence-corrected chi connectivity index (χ1v) is 6.80. The van der Waals surface area contributed by atoms with Crippen LogP contribution in [0.2, 0.25) is 0 Å². The normalized spacial score (nSPS) is 18.9. The predicted molar refractivity (Wildman–Crippen MR) is 75.4 cm³/mol. The van der Waals surface area contributed by atoms with Gasteiger partial charge >= 0.3 is 0 Å². The number of hydrogen-bond donors (Lipinski definition) is 2. The second-order valence-corrected chi connectivity index (χ2v) is 5.43. The quantitative estimate of drug-likeness (QED) is 0.864. The van der Waals surface area contributed by atoms with E-state index in [0.717, 1.165) is 0 Å². The number of aryl methyl sites for hydroxylation is 1. The molecular weight excluding hydrogens is 273 g/mol. The van der Waals surface area contributed by atoms with Gasteiger partial charge in [-0.05, 0) is 24.6 Å². The van der Waals surface area contributed by atoms with Gasteiger partial charge in [-0.2, -0.15) is 5.26 Å². The molecule has 0 saturated carbocycles. The second kappa shape index (κ2) is 5.70. The largest absolute Gasteiger partial charge is 0.508 e. The number of carbonyl (C=O) groups is 1. The van der Waals surface area contributed by atoms with E-state index in [-0.39, 0.29) is 37.6 Å². The summed E-state index contributed by atoms with van der Waals surface area (Å²) in [5, 5.41) is 18.4. The first kappa shape index (κ1) is 15.3. The Kier molecular flexibility index (Phi) is 4.14. The van der Waals surface area contributed by atoms with Gasteiger partial charge in [0.25, 0.3) is 5.91 Å². The lowest BCUT2D eigenvalue weighted by molar-refractivity contribution is 0.0390. The van der Waals surface area contributed by atoms with E-state index in [1.54, 1.807) is 25.1 Å². The number of nitrogens with zero attached hydrogens (tertiary/aromatic N) is 2. The minimum absolute atomic E-state index is 0.0469. The fraction of sp³-hybridized carbons (Fsp3) is 0.467. The number of aromatic hydroxyl groups is 1. The fourth-order valence-corrected chi connectivity index (χ4v) is 2.43. The average Bonchev–Trinajstić information content (AvgIpc) is 2.49. The number of carbonyl (C=O) groups excluding carboxylic acids is 1. The molecule has 0 bridgehead atoms. The molecule has 1 heterocycles. The number of nitriles is 1. The summed E-state index contributed by atoms with van der Waals surface area (Å²) in [5.41, 5.74) is 4.80. The van der Waals surface area contributed by atoms with Crippen LogP contribution >= 0.6 is 0 Å². The lowest BCUT2D eigenvalue weighted by Crippen LogP contribution is -2.52. The van der Waals surface area contributed by atoms with E-state index >= 15 is 0 Å². The number of piperidine rings is 1. The number of benzene rings is 1. The highest BCUT2D eigenvalue weighted by Gasteiger charge is 2.41. The van der Waals surface area contributed by atoms with E-state index in [1.165, 1.54) is 11.0 Å². The van der Waals surface area contributed by atoms with Crippen LogP contribution in [0.3, 0.4) is 0 Å². The fourth-order valence-electron chi connectivity index (χ4n) is 2.43. The number of rotatable bonds is 2. The Morgan fingerprint density at radius 1 is 1.52 bits per heavy atom. The number of alkyl halides is 1. The number of amides is 1. The molecule has 1 fully saturated rings. The Labute approximate surface area is 122 Å². The molecule has 1 aliphatic rings. The minimum Gasteiger partial charge on any atom is -0.508 e. The van der Waals surface area contributed by atoms with Crippen molar-refractivity contribution in [1.82, 2.24) is 4.90 Å². The maximum Gasteiger partial charge on any atom is 0.253 e. The van der Waals surface area contributed by atoms with Gasteiger partial charge in [-0.1, -0.05) is 6.07 Å². The third kappa shape index (κ3) is 2.98. The van der Waals surface area contributed by atoms with E-state index < -0.39 is 11.7 Å². The summed E-state index contributed by atoms with van der Waals surface area (Å²) in [6.07, 6.45) is 0.0939. The molecule has 1 unspecified atom stereocenters. The lowest BCUT2D eigenvalue weighted by Gasteiger charge is -2.37. The second-order valence-electron chi connectivity index (χ2n) is 5.43. The Morgan fingerprint density at radius 2 is 2.14 bits per heavy atom. The minimum atomic E-state index is -1.74. The van der Waals surface area contributed by atoms with E-state index in [2.05, 4.69) is 0 Å². The Morgan fingerprint density at radius 3 is 2.67 bits per heavy atom. The maximum absolute atomic E-state index is 14.4. The van der Waals surface area contributed by atoms with Gasteiger partial charge in [0.15, 0.2) is 0 Å². The van der Waals surface area contributed by atoms with Gasteiger partial charge in [0.05, 0.1) is 6.07 Å². The van der Waals surface area contributed by atoms with Crippen molar-refractivity contribution >= 4 is 5.91 Å². The van der Waals surface area contributed by atoms with Gasteiger partial charge in [-0.3, -0.25) is 4.79 Å². The van der Waals surface area contributed by atoms with Crippen LogP contribution in [0.25, 0.3) is 0 Å². The molecule has 0 radical (unpaired) electrons. The van der Waals surface area contributed by atoms with E-state index in [1.807, 2.05) is 0 Å². The SMILES string of the molecule is Cc1ccc(C(=O)N2CCC(F)(C(N)C#N)CC2)cc1O. The zero-order chi connectivity index (χ0) is 15.6. The predicted octanol–water partition coefficient (Wildman–Crippen LogP) is 1.50. The molecule has 1 aromatic carbocycles. The van der Waals surface area contributed by atoms with Gasteiger partial charge in [0.1, 0.15) is 17.5 Å². The molecule has 0 aliphatic carbocycles. The van der Waals surface area contributed by atoms with Crippen molar-refractivity contribution in [3.05, 3.63) is 29.3 Å². The van der Waals surface area contributed by atoms with Crippen molar-refractivity contribution in [3.8, 4) is 11.8 Å². The van der Waals surface area contributed by atoms with Gasteiger partial charge in [-0.15, -0.1) is 0 Å². The zero-order valence-electron chi connectivity index (χ0n) is 11.8. The van der Waals surface area contributed by atoms with Crippen LogP contribution in [0.5, 0.6) is 5.75 Å². The molecule has 1 aliphatic heterocycles. The van der Waals surface area contributed by atoms with E-state index in [9.17, 15) is 14.3 Å². The first-order valence-electron chi connectivity index (χ1n) is 6.80. The van der Waals surface area contributed by atoms with E-state index in [4.69, 9.17) is 11.0 Å². The molecule has 1 amide bonds. The number of halogens is 1. The van der Waals surface area contributed by atoms with Crippen molar-refractivity contribution in [3.63, 3.8) is 0 Å². The monoisotopic (exact) mass is 291 g/mol. The first-order chi connectivity index (χ1) is 9.87. The van der Waals surface area contributed by atoms with Crippen molar-refractivity contribution in [2.75, 3.05) is 13.1 Å². The van der Waals surface area contributed by atoms with Crippen molar-refractivity contribution < 1.29 is 14.3 Å². The van der Waals surface area contributed by atoms with Crippen LogP contribution < -0.4 is 5.73 Å². The highest BCUT2D eigenvalue weighted by Crippen LogP contribution is 2.30. The van der Waals surface area contributed by atoms with E-state index in [0.29, 0.717) is 11.1 Å². The van der Waals surface area contributed by atoms with Crippen molar-refractivity contribution in [2.45, 2.75) is 31.5 Å². The molecule has 6 heteroatoms. The molecule has 112 valence electrons. The molecule has 1 saturated heterocycles.